The topological polar surface area (TPSA) is 37.3 Å². The summed E-state index contributed by atoms with van der Waals surface area (Å²) in [5, 5.41) is 9.34. The van der Waals surface area contributed by atoms with Crippen LogP contribution in [0, 0.1) is 11.2 Å². The van der Waals surface area contributed by atoms with Crippen molar-refractivity contribution in [3.63, 3.8) is 0 Å². The number of carboxylic acids is 1. The van der Waals surface area contributed by atoms with E-state index in [9.17, 15) is 14.3 Å². The number of hydrogen-bond donors (Lipinski definition) is 1. The Morgan fingerprint density at radius 2 is 2.00 bits per heavy atom. The van der Waals surface area contributed by atoms with Gasteiger partial charge in [0.05, 0.1) is 5.41 Å². The van der Waals surface area contributed by atoms with Crippen molar-refractivity contribution >= 4 is 11.5 Å². The molecule has 0 radical (unpaired) electrons. The molecule has 2 nitrogen and oxygen atoms in total. The Bertz CT molecular complexity index is 499. The second-order valence-electron chi connectivity index (χ2n) is 4.36. The fourth-order valence-corrected chi connectivity index (χ4v) is 2.01. The Morgan fingerprint density at radius 3 is 2.59 bits per heavy atom. The SMILES string of the molecule is CC1(C(=O)O)CC=CC=C1c1ccc(F)cc1. The number of halogens is 1. The number of hydrogen-bond acceptors (Lipinski definition) is 1. The van der Waals surface area contributed by atoms with Crippen LogP contribution in [0.2, 0.25) is 0 Å². The van der Waals surface area contributed by atoms with E-state index in [0.717, 1.165) is 5.56 Å². The minimum atomic E-state index is -0.938. The van der Waals surface area contributed by atoms with Crippen LogP contribution in [0.25, 0.3) is 5.57 Å². The van der Waals surface area contributed by atoms with Gasteiger partial charge in [0, 0.05) is 0 Å². The lowest BCUT2D eigenvalue weighted by molar-refractivity contribution is -0.144. The molecule has 0 aromatic heterocycles. The van der Waals surface area contributed by atoms with Crippen LogP contribution in [0.5, 0.6) is 0 Å². The number of benzene rings is 1. The number of rotatable bonds is 2. The van der Waals surface area contributed by atoms with Gasteiger partial charge < -0.3 is 5.11 Å². The molecule has 0 saturated heterocycles. The maximum Gasteiger partial charge on any atom is 0.314 e. The van der Waals surface area contributed by atoms with Crippen LogP contribution >= 0.6 is 0 Å². The second kappa shape index (κ2) is 4.17. The van der Waals surface area contributed by atoms with Crippen molar-refractivity contribution < 1.29 is 14.3 Å². The van der Waals surface area contributed by atoms with Crippen LogP contribution in [-0.2, 0) is 4.79 Å². The van der Waals surface area contributed by atoms with Gasteiger partial charge in [0.25, 0.3) is 0 Å². The molecule has 0 spiro atoms. The molecule has 1 unspecified atom stereocenters. The van der Waals surface area contributed by atoms with Gasteiger partial charge in [-0.15, -0.1) is 0 Å². The first-order valence-electron chi connectivity index (χ1n) is 5.41. The maximum atomic E-state index is 12.9. The zero-order valence-corrected chi connectivity index (χ0v) is 9.48. The highest BCUT2D eigenvalue weighted by atomic mass is 19.1. The van der Waals surface area contributed by atoms with Crippen molar-refractivity contribution in [3.8, 4) is 0 Å². The summed E-state index contributed by atoms with van der Waals surface area (Å²) < 4.78 is 12.9. The molecule has 1 aromatic carbocycles. The molecular weight excluding hydrogens is 219 g/mol. The summed E-state index contributed by atoms with van der Waals surface area (Å²) in [7, 11) is 0. The average molecular weight is 232 g/mol. The zero-order chi connectivity index (χ0) is 12.5. The Hall–Kier alpha value is -1.90. The summed E-state index contributed by atoms with van der Waals surface area (Å²) in [5.74, 6) is -1.19. The molecule has 1 N–H and O–H groups in total. The third-order valence-electron chi connectivity index (χ3n) is 3.15. The smallest absolute Gasteiger partial charge is 0.314 e. The minimum absolute atomic E-state index is 0.322. The van der Waals surface area contributed by atoms with E-state index in [0.29, 0.717) is 12.0 Å². The quantitative estimate of drug-likeness (QED) is 0.849. The maximum absolute atomic E-state index is 12.9. The molecule has 3 heteroatoms. The molecule has 0 heterocycles. The number of carbonyl (C=O) groups is 1. The highest BCUT2D eigenvalue weighted by Crippen LogP contribution is 2.40. The van der Waals surface area contributed by atoms with Crippen molar-refractivity contribution in [1.82, 2.24) is 0 Å². The van der Waals surface area contributed by atoms with Crippen LogP contribution in [-0.4, -0.2) is 11.1 Å². The van der Waals surface area contributed by atoms with Crippen molar-refractivity contribution in [2.24, 2.45) is 5.41 Å². The van der Waals surface area contributed by atoms with Crippen LogP contribution < -0.4 is 0 Å². The summed E-state index contributed by atoms with van der Waals surface area (Å²) in [6.07, 6.45) is 5.90. The Morgan fingerprint density at radius 1 is 1.35 bits per heavy atom. The first-order valence-corrected chi connectivity index (χ1v) is 5.41. The van der Waals surface area contributed by atoms with E-state index in [4.69, 9.17) is 0 Å². The Kier molecular flexibility index (Phi) is 2.84. The van der Waals surface area contributed by atoms with Crippen LogP contribution in [0.1, 0.15) is 18.9 Å². The second-order valence-corrected chi connectivity index (χ2v) is 4.36. The van der Waals surface area contributed by atoms with E-state index >= 15 is 0 Å². The molecule has 1 aliphatic carbocycles. The lowest BCUT2D eigenvalue weighted by atomic mass is 9.73. The monoisotopic (exact) mass is 232 g/mol. The summed E-state index contributed by atoms with van der Waals surface area (Å²) >= 11 is 0. The van der Waals surface area contributed by atoms with Gasteiger partial charge in [-0.05, 0) is 36.6 Å². The standard InChI is InChI=1S/C14H13FO2/c1-14(13(16)17)9-3-2-4-12(14)10-5-7-11(15)8-6-10/h2-8H,9H2,1H3,(H,16,17). The van der Waals surface area contributed by atoms with Gasteiger partial charge in [-0.1, -0.05) is 30.4 Å². The van der Waals surface area contributed by atoms with Crippen molar-refractivity contribution in [1.29, 1.82) is 0 Å². The van der Waals surface area contributed by atoms with E-state index in [1.54, 1.807) is 25.1 Å². The molecule has 0 aliphatic heterocycles. The van der Waals surface area contributed by atoms with Gasteiger partial charge in [-0.3, -0.25) is 4.79 Å². The predicted molar refractivity (Wildman–Crippen MR) is 63.9 cm³/mol. The molecule has 1 aromatic rings. The van der Waals surface area contributed by atoms with Crippen molar-refractivity contribution in [2.45, 2.75) is 13.3 Å². The van der Waals surface area contributed by atoms with Gasteiger partial charge in [-0.2, -0.15) is 0 Å². The van der Waals surface area contributed by atoms with Crippen molar-refractivity contribution in [3.05, 3.63) is 53.9 Å². The third kappa shape index (κ3) is 2.00. The van der Waals surface area contributed by atoms with Gasteiger partial charge in [-0.25, -0.2) is 4.39 Å². The number of carboxylic acid groups (broad SMARTS) is 1. The Balaban J connectivity index is 2.48. The molecule has 0 saturated carbocycles. The number of aliphatic carboxylic acids is 1. The molecule has 17 heavy (non-hydrogen) atoms. The van der Waals surface area contributed by atoms with E-state index in [2.05, 4.69) is 0 Å². The summed E-state index contributed by atoms with van der Waals surface area (Å²) in [4.78, 5) is 11.4. The Labute approximate surface area is 99.1 Å². The van der Waals surface area contributed by atoms with Crippen LogP contribution in [0.15, 0.2) is 42.5 Å². The van der Waals surface area contributed by atoms with E-state index < -0.39 is 11.4 Å². The molecule has 1 atom stereocenters. The molecule has 1 aliphatic rings. The molecule has 0 amide bonds. The summed E-state index contributed by atoms with van der Waals surface area (Å²) in [6.45, 7) is 1.69. The lowest BCUT2D eigenvalue weighted by Crippen LogP contribution is -2.29. The molecular formula is C14H13FO2. The molecule has 0 bridgehead atoms. The normalized spacial score (nSPS) is 23.3. The lowest BCUT2D eigenvalue weighted by Gasteiger charge is -2.29. The highest BCUT2D eigenvalue weighted by Gasteiger charge is 2.37. The summed E-state index contributed by atoms with van der Waals surface area (Å²) in [6, 6.07) is 5.91. The van der Waals surface area contributed by atoms with Crippen LogP contribution in [0.3, 0.4) is 0 Å². The zero-order valence-electron chi connectivity index (χ0n) is 9.48. The van der Waals surface area contributed by atoms with Crippen LogP contribution in [0.4, 0.5) is 4.39 Å². The van der Waals surface area contributed by atoms with Gasteiger partial charge in [0.1, 0.15) is 5.82 Å². The fraction of sp³-hybridized carbons (Fsp3) is 0.214. The first kappa shape index (κ1) is 11.6. The molecule has 2 rings (SSSR count). The molecule has 88 valence electrons. The minimum Gasteiger partial charge on any atom is -0.481 e. The van der Waals surface area contributed by atoms with Gasteiger partial charge in [0.2, 0.25) is 0 Å². The third-order valence-corrected chi connectivity index (χ3v) is 3.15. The highest BCUT2D eigenvalue weighted by molar-refractivity contribution is 5.93. The number of allylic oxidation sites excluding steroid dienone is 3. The predicted octanol–water partition coefficient (Wildman–Crippen LogP) is 3.26. The largest absolute Gasteiger partial charge is 0.481 e. The van der Waals surface area contributed by atoms with E-state index in [-0.39, 0.29) is 5.82 Å². The summed E-state index contributed by atoms with van der Waals surface area (Å²) in [5.41, 5.74) is 0.528. The fourth-order valence-electron chi connectivity index (χ4n) is 2.01. The average Bonchev–Trinajstić information content (AvgIpc) is 2.31. The first-order chi connectivity index (χ1) is 8.04. The van der Waals surface area contributed by atoms with E-state index in [1.165, 1.54) is 12.1 Å². The van der Waals surface area contributed by atoms with Crippen molar-refractivity contribution in [2.75, 3.05) is 0 Å². The van der Waals surface area contributed by atoms with E-state index in [1.807, 2.05) is 12.2 Å². The van der Waals surface area contributed by atoms with Gasteiger partial charge >= 0.3 is 5.97 Å². The van der Waals surface area contributed by atoms with Gasteiger partial charge in [0.15, 0.2) is 0 Å². The molecule has 0 fully saturated rings.